The SMILES string of the molecule is Cc1ccc(C(=O)C2CCN(C(=O)[C@H]3CCCN(C(=O)N4CCCC4)C3)CC2)c(C)c1. The van der Waals surface area contributed by atoms with Crippen LogP contribution in [0, 0.1) is 25.7 Å². The van der Waals surface area contributed by atoms with Crippen LogP contribution in [0.4, 0.5) is 4.79 Å². The molecule has 0 N–H and O–H groups in total. The summed E-state index contributed by atoms with van der Waals surface area (Å²) in [5.41, 5.74) is 3.02. The fourth-order valence-electron chi connectivity index (χ4n) is 5.39. The summed E-state index contributed by atoms with van der Waals surface area (Å²) in [7, 11) is 0. The lowest BCUT2D eigenvalue weighted by atomic mass is 9.86. The average Bonchev–Trinajstić information content (AvgIpc) is 3.33. The first-order valence-corrected chi connectivity index (χ1v) is 11.9. The molecule has 3 heterocycles. The number of carbonyl (C=O) groups excluding carboxylic acids is 3. The molecule has 3 aliphatic rings. The Hall–Kier alpha value is -2.37. The monoisotopic (exact) mass is 425 g/mol. The molecular weight excluding hydrogens is 390 g/mol. The van der Waals surface area contributed by atoms with Gasteiger partial charge in [0, 0.05) is 50.7 Å². The Labute approximate surface area is 185 Å². The van der Waals surface area contributed by atoms with Crippen molar-refractivity contribution in [3.8, 4) is 0 Å². The predicted octanol–water partition coefficient (Wildman–Crippen LogP) is 3.65. The lowest BCUT2D eigenvalue weighted by Crippen LogP contribution is -2.51. The number of amides is 3. The second kappa shape index (κ2) is 9.41. The number of rotatable bonds is 3. The van der Waals surface area contributed by atoms with Crippen LogP contribution in [0.3, 0.4) is 0 Å². The lowest BCUT2D eigenvalue weighted by Gasteiger charge is -2.38. The number of ketones is 1. The molecule has 0 spiro atoms. The van der Waals surface area contributed by atoms with Crippen LogP contribution in [0.1, 0.15) is 60.0 Å². The highest BCUT2D eigenvalue weighted by molar-refractivity contribution is 5.99. The molecular formula is C25H35N3O3. The van der Waals surface area contributed by atoms with Crippen LogP contribution >= 0.6 is 0 Å². The second-order valence-corrected chi connectivity index (χ2v) is 9.54. The predicted molar refractivity (Wildman–Crippen MR) is 120 cm³/mol. The molecule has 168 valence electrons. The number of Topliss-reactive ketones (excluding diaryl/α,β-unsaturated/α-hetero) is 1. The number of hydrogen-bond acceptors (Lipinski definition) is 3. The zero-order valence-electron chi connectivity index (χ0n) is 18.9. The van der Waals surface area contributed by atoms with Crippen molar-refractivity contribution in [2.45, 2.75) is 52.4 Å². The maximum atomic E-state index is 13.2. The van der Waals surface area contributed by atoms with Crippen molar-refractivity contribution in [2.75, 3.05) is 39.3 Å². The Kier molecular flexibility index (Phi) is 6.63. The molecule has 4 rings (SSSR count). The van der Waals surface area contributed by atoms with Gasteiger partial charge in [0.1, 0.15) is 0 Å². The molecule has 1 aromatic rings. The number of nitrogens with zero attached hydrogens (tertiary/aromatic N) is 3. The third kappa shape index (κ3) is 4.78. The molecule has 0 bridgehead atoms. The lowest BCUT2D eigenvalue weighted by molar-refractivity contribution is -0.138. The van der Waals surface area contributed by atoms with E-state index in [0.29, 0.717) is 19.6 Å². The highest BCUT2D eigenvalue weighted by Gasteiger charge is 2.35. The van der Waals surface area contributed by atoms with Crippen LogP contribution in [0.25, 0.3) is 0 Å². The summed E-state index contributed by atoms with van der Waals surface area (Å²) in [5.74, 6) is 0.262. The maximum Gasteiger partial charge on any atom is 0.320 e. The van der Waals surface area contributed by atoms with E-state index in [-0.39, 0.29) is 29.6 Å². The van der Waals surface area contributed by atoms with Gasteiger partial charge >= 0.3 is 6.03 Å². The van der Waals surface area contributed by atoms with Crippen molar-refractivity contribution >= 4 is 17.7 Å². The van der Waals surface area contributed by atoms with Gasteiger partial charge in [0.2, 0.25) is 5.91 Å². The number of likely N-dealkylation sites (tertiary alicyclic amines) is 3. The van der Waals surface area contributed by atoms with Crippen LogP contribution < -0.4 is 0 Å². The normalized spacial score (nSPS) is 22.6. The van der Waals surface area contributed by atoms with Crippen molar-refractivity contribution in [3.63, 3.8) is 0 Å². The van der Waals surface area contributed by atoms with Crippen molar-refractivity contribution in [3.05, 3.63) is 34.9 Å². The Bertz CT molecular complexity index is 838. The Morgan fingerprint density at radius 3 is 2.13 bits per heavy atom. The molecule has 31 heavy (non-hydrogen) atoms. The summed E-state index contributed by atoms with van der Waals surface area (Å²) < 4.78 is 0. The molecule has 3 fully saturated rings. The van der Waals surface area contributed by atoms with E-state index in [1.807, 2.05) is 40.7 Å². The first-order valence-electron chi connectivity index (χ1n) is 11.9. The van der Waals surface area contributed by atoms with Crippen molar-refractivity contribution in [1.82, 2.24) is 14.7 Å². The third-order valence-corrected chi connectivity index (χ3v) is 7.24. The summed E-state index contributed by atoms with van der Waals surface area (Å²) in [6.07, 6.45) is 5.35. The first kappa shape index (κ1) is 21.8. The van der Waals surface area contributed by atoms with Gasteiger partial charge in [0.15, 0.2) is 5.78 Å². The largest absolute Gasteiger partial charge is 0.342 e. The highest BCUT2D eigenvalue weighted by atomic mass is 16.2. The Balaban J connectivity index is 1.31. The second-order valence-electron chi connectivity index (χ2n) is 9.54. The highest BCUT2D eigenvalue weighted by Crippen LogP contribution is 2.27. The number of urea groups is 1. The van der Waals surface area contributed by atoms with E-state index in [2.05, 4.69) is 6.07 Å². The molecule has 3 amide bonds. The van der Waals surface area contributed by atoms with Gasteiger partial charge in [-0.3, -0.25) is 9.59 Å². The maximum absolute atomic E-state index is 13.2. The summed E-state index contributed by atoms with van der Waals surface area (Å²) in [5, 5.41) is 0. The molecule has 0 aliphatic carbocycles. The number of carbonyl (C=O) groups is 3. The van der Waals surface area contributed by atoms with Crippen LogP contribution in [0.2, 0.25) is 0 Å². The van der Waals surface area contributed by atoms with E-state index in [9.17, 15) is 14.4 Å². The third-order valence-electron chi connectivity index (χ3n) is 7.24. The Morgan fingerprint density at radius 2 is 1.45 bits per heavy atom. The van der Waals surface area contributed by atoms with Gasteiger partial charge in [-0.2, -0.15) is 0 Å². The summed E-state index contributed by atoms with van der Waals surface area (Å²) in [6, 6.07) is 6.10. The smallest absolute Gasteiger partial charge is 0.320 e. The fraction of sp³-hybridized carbons (Fsp3) is 0.640. The van der Waals surface area contributed by atoms with E-state index in [4.69, 9.17) is 0 Å². The number of benzene rings is 1. The topological polar surface area (TPSA) is 60.9 Å². The number of aryl methyl sites for hydroxylation is 2. The summed E-state index contributed by atoms with van der Waals surface area (Å²) >= 11 is 0. The fourth-order valence-corrected chi connectivity index (χ4v) is 5.39. The van der Waals surface area contributed by atoms with Crippen molar-refractivity contribution in [2.24, 2.45) is 11.8 Å². The van der Waals surface area contributed by atoms with Crippen LogP contribution in [0.5, 0.6) is 0 Å². The molecule has 3 aliphatic heterocycles. The zero-order chi connectivity index (χ0) is 22.0. The minimum atomic E-state index is -0.105. The van der Waals surface area contributed by atoms with Gasteiger partial charge in [-0.05, 0) is 57.9 Å². The average molecular weight is 426 g/mol. The Morgan fingerprint density at radius 1 is 0.774 bits per heavy atom. The molecule has 0 aromatic heterocycles. The van der Waals surface area contributed by atoms with E-state index in [1.54, 1.807) is 0 Å². The van der Waals surface area contributed by atoms with E-state index in [0.717, 1.165) is 69.3 Å². The quantitative estimate of drug-likeness (QED) is 0.695. The van der Waals surface area contributed by atoms with Gasteiger partial charge in [-0.15, -0.1) is 0 Å². The van der Waals surface area contributed by atoms with Gasteiger partial charge in [0.25, 0.3) is 0 Å². The van der Waals surface area contributed by atoms with Gasteiger partial charge in [-0.1, -0.05) is 23.8 Å². The summed E-state index contributed by atoms with van der Waals surface area (Å²) in [4.78, 5) is 44.6. The van der Waals surface area contributed by atoms with Crippen LogP contribution in [0.15, 0.2) is 18.2 Å². The van der Waals surface area contributed by atoms with Gasteiger partial charge < -0.3 is 14.7 Å². The molecule has 6 heteroatoms. The minimum Gasteiger partial charge on any atom is -0.342 e. The number of piperidine rings is 2. The zero-order valence-corrected chi connectivity index (χ0v) is 18.9. The van der Waals surface area contributed by atoms with Gasteiger partial charge in [-0.25, -0.2) is 4.79 Å². The molecule has 0 radical (unpaired) electrons. The standard InChI is InChI=1S/C25H35N3O3/c1-18-7-8-22(19(2)16-18)23(29)20-9-14-26(15-10-20)24(30)21-6-5-13-28(17-21)25(31)27-11-3-4-12-27/h7-8,16,20-21H,3-6,9-15,17H2,1-2H3/t21-/m0/s1. The van der Waals surface area contributed by atoms with Crippen molar-refractivity contribution < 1.29 is 14.4 Å². The molecule has 3 saturated heterocycles. The van der Waals surface area contributed by atoms with E-state index < -0.39 is 0 Å². The first-order chi connectivity index (χ1) is 14.9. The van der Waals surface area contributed by atoms with Crippen molar-refractivity contribution in [1.29, 1.82) is 0 Å². The molecule has 0 saturated carbocycles. The van der Waals surface area contributed by atoms with E-state index >= 15 is 0 Å². The molecule has 0 unspecified atom stereocenters. The van der Waals surface area contributed by atoms with Crippen LogP contribution in [-0.4, -0.2) is 71.7 Å². The van der Waals surface area contributed by atoms with Crippen LogP contribution in [-0.2, 0) is 4.79 Å². The molecule has 6 nitrogen and oxygen atoms in total. The molecule has 1 aromatic carbocycles. The summed E-state index contributed by atoms with van der Waals surface area (Å²) in [6.45, 7) is 8.29. The van der Waals surface area contributed by atoms with Gasteiger partial charge in [0.05, 0.1) is 5.92 Å². The number of hydrogen-bond donors (Lipinski definition) is 0. The minimum absolute atomic E-state index is 0.00921. The molecule has 1 atom stereocenters. The van der Waals surface area contributed by atoms with E-state index in [1.165, 1.54) is 5.56 Å².